The Morgan fingerprint density at radius 1 is 0.390 bits per heavy atom. The third-order valence-electron chi connectivity index (χ3n) is 20.2. The third-order valence-corrected chi connectivity index (χ3v) is 1760. The zero-order valence-electron chi connectivity index (χ0n) is 51.8. The number of para-hydroxylation sites is 6. The van der Waals surface area contributed by atoms with Crippen LogP contribution >= 0.6 is 416 Å². The maximum absolute atomic E-state index is 6.99. The van der Waals surface area contributed by atoms with Crippen molar-refractivity contribution in [2.75, 3.05) is 9.80 Å². The van der Waals surface area contributed by atoms with Crippen LogP contribution in [0.1, 0.15) is 90.2 Å². The summed E-state index contributed by atoms with van der Waals surface area (Å²) in [7, 11) is -4.16. The fourth-order valence-electron chi connectivity index (χ4n) is 16.0. The van der Waals surface area contributed by atoms with Gasteiger partial charge in [0.2, 0.25) is 0 Å². The molecule has 2 aromatic heterocycles. The summed E-state index contributed by atoms with van der Waals surface area (Å²) in [4.78, 5) is 5.33. The minimum atomic E-state index is -0.399. The molecule has 4 aliphatic heterocycles. The predicted molar refractivity (Wildman–Crippen MR) is 694 cm³/mol. The Kier molecular flexibility index (Phi) is 37.5. The van der Waals surface area contributed by atoms with Gasteiger partial charge in [-0.2, -0.15) is 0 Å². The first-order valence-electron chi connectivity index (χ1n) is 29.9. The monoisotopic (exact) mass is 4640 g/mol. The predicted octanol–water partition coefficient (Wildman–Crippen LogP) is 37.3. The number of fused-ring (bicyclic) bond motifs is 16. The van der Waals surface area contributed by atoms with Gasteiger partial charge in [0, 0.05) is 82.1 Å². The number of hydrogen-bond acceptors (Lipinski definition) is 2. The van der Waals surface area contributed by atoms with Gasteiger partial charge in [-0.25, -0.2) is 0 Å². The van der Waals surface area contributed by atoms with Gasteiger partial charge < -0.3 is 18.9 Å². The van der Waals surface area contributed by atoms with Crippen molar-refractivity contribution in [2.24, 2.45) is 0 Å². The molecule has 0 N–H and O–H groups in total. The van der Waals surface area contributed by atoms with E-state index in [1.807, 2.05) is 0 Å². The van der Waals surface area contributed by atoms with E-state index in [-0.39, 0.29) is 99.7 Å². The first-order chi connectivity index (χ1) is 47.6. The number of nitrogens with zero attached hydrogens (tertiary/aromatic N) is 4. The Hall–Kier alpha value is 14.8. The Morgan fingerprint density at radius 3 is 1.37 bits per heavy atom. The fraction of sp³-hybridized carbons (Fsp3) is 0.250. The van der Waals surface area contributed by atoms with Crippen molar-refractivity contribution in [1.29, 1.82) is 0 Å². The molecule has 2 saturated carbocycles. The molecule has 552 valence electrons. The molecule has 2 aliphatic carbocycles. The van der Waals surface area contributed by atoms with Crippen LogP contribution in [0, 0.1) is 0 Å². The summed E-state index contributed by atoms with van der Waals surface area (Å²) in [5.41, 5.74) is 20.2. The second kappa shape index (κ2) is 40.6. The van der Waals surface area contributed by atoms with E-state index in [2.05, 4.69) is 508 Å². The second-order valence-corrected chi connectivity index (χ2v) is 626. The van der Waals surface area contributed by atoms with Crippen LogP contribution in [0.4, 0.5) is 22.7 Å². The Labute approximate surface area is 808 Å². The van der Waals surface area contributed by atoms with Crippen LogP contribution in [-0.4, -0.2) is 26.9 Å². The van der Waals surface area contributed by atoms with E-state index in [9.17, 15) is 0 Å². The fourth-order valence-corrected chi connectivity index (χ4v) is 3580. The molecule has 16 rings (SSSR count). The summed E-state index contributed by atoms with van der Waals surface area (Å²) in [6.07, 6.45) is 9.97. The first-order valence-corrected chi connectivity index (χ1v) is 200. The van der Waals surface area contributed by atoms with Gasteiger partial charge in [0.25, 0.3) is 6.71 Å². The standard InChI is InChI=1S/C32H26BClN2.C32H29ClN2.I15.I14/c1-31-15-5-6-16-32(31,2)36-27-18-19(34)17-26-28(27)33(24-13-8-11-22(31)30(24)36)23-12-7-10-21-20-9-3-4-14-25(20)35(26)29(21)23;1-31-17-9-10-18-32(31,2)35(30-16-8-5-13-27(30)31)24-20-22(33)19-23(21-24)34-28-14-6-3-11-25(28)26-12-4-7-15-29(26)34;1-9-11(4)13(6)15(8)14(7)12(5)10(2)3;1-9(2)11(5)13(7)14(8)12(6)10(3)4/h3-4,7-14,17-18H,5-6,15-16H2,1-2H3;3-8,11-16,19-21H,9-10,17-18H2,1-2H3;;/q;;-1;. The average molecular weight is 4640 g/mol. The Balaban J connectivity index is 0.000000131. The van der Waals surface area contributed by atoms with E-state index in [1.54, 1.807) is 0 Å². The summed E-state index contributed by atoms with van der Waals surface area (Å²) >= 11 is 61.5. The van der Waals surface area contributed by atoms with Gasteiger partial charge >= 0.3 is 406 Å². The molecule has 0 radical (unpaired) electrons. The molecule has 8 aromatic carbocycles. The van der Waals surface area contributed by atoms with Crippen molar-refractivity contribution in [1.82, 2.24) is 9.13 Å². The SMILES string of the molecule is CC12CCCCC1(C)N(c1cc(Cl)cc(-n3c4ccccc4c4ccccc43)c1)c1ccccc12.CC12CCCCC1(C)N1c3cc(Cl)cc4c3B(c3cccc2c31)c1cccc2c3ccccc3n-4c12.II(I)I(I)I(I)I(I)I(I)I(I)I.I[I-]I(I)I(I)I(I)I(I)I(I)I(I)I. The first kappa shape index (κ1) is 92.4. The van der Waals surface area contributed by atoms with E-state index in [0.717, 1.165) is 15.7 Å². The molecular weight excluding hydrogens is 4590 g/mol. The maximum atomic E-state index is 6.99. The van der Waals surface area contributed by atoms with Crippen LogP contribution in [-0.2, 0) is 10.8 Å². The molecule has 0 spiro atoms. The zero-order valence-corrected chi connectivity index (χ0v) is 116. The van der Waals surface area contributed by atoms with Crippen LogP contribution < -0.4 is 39.4 Å². The molecule has 0 bridgehead atoms. The van der Waals surface area contributed by atoms with Crippen LogP contribution in [0.15, 0.2) is 164 Å². The molecule has 0 saturated heterocycles. The van der Waals surface area contributed by atoms with E-state index in [4.69, 9.17) is 23.2 Å². The molecule has 6 heterocycles. The summed E-state index contributed by atoms with van der Waals surface area (Å²) in [6, 6.07) is 60.3. The summed E-state index contributed by atoms with van der Waals surface area (Å²) in [5, 5.41) is 6.77. The number of anilines is 4. The van der Waals surface area contributed by atoms with Crippen molar-refractivity contribution >= 4 is 505 Å². The number of rotatable bonds is 13. The second-order valence-electron chi connectivity index (χ2n) is 24.5. The van der Waals surface area contributed by atoms with Gasteiger partial charge in [0.15, 0.2) is 0 Å². The van der Waals surface area contributed by atoms with Crippen molar-refractivity contribution < 1.29 is 13.3 Å². The Morgan fingerprint density at radius 2 is 0.810 bits per heavy atom. The summed E-state index contributed by atoms with van der Waals surface area (Å²) in [5.74, 6) is 0. The van der Waals surface area contributed by atoms with Crippen molar-refractivity contribution in [2.45, 2.75) is 101 Å². The summed E-state index contributed by atoms with van der Waals surface area (Å²) < 4.78 is 4.86. The van der Waals surface area contributed by atoms with Gasteiger partial charge in [0.05, 0.1) is 27.6 Å². The van der Waals surface area contributed by atoms with Gasteiger partial charge in [0.1, 0.15) is 0 Å². The van der Waals surface area contributed by atoms with Gasteiger partial charge in [-0.15, -0.1) is 0 Å². The number of aromatic nitrogens is 2. The van der Waals surface area contributed by atoms with Gasteiger partial charge in [-0.3, -0.25) is 0 Å². The Bertz CT molecular complexity index is 4660. The number of halogens is 31. The molecular formula is C64H55BCl2I29N4-. The zero-order chi connectivity index (χ0) is 71.4. The third kappa shape index (κ3) is 18.4. The van der Waals surface area contributed by atoms with Gasteiger partial charge in [-0.1, -0.05) is 172 Å². The molecule has 4 atom stereocenters. The van der Waals surface area contributed by atoms with Crippen LogP contribution in [0.2, 0.25) is 10.0 Å². The molecule has 36 heteroatoms. The molecule has 0 amide bonds. The van der Waals surface area contributed by atoms with Crippen LogP contribution in [0.25, 0.3) is 55.0 Å². The molecule has 6 aliphatic rings. The van der Waals surface area contributed by atoms with E-state index < -0.39 is 23.7 Å². The van der Waals surface area contributed by atoms with Crippen molar-refractivity contribution in [3.8, 4) is 11.4 Å². The normalized spacial score (nSPS) is 22.1. The van der Waals surface area contributed by atoms with Gasteiger partial charge in [-0.05, 0) is 122 Å². The molecule has 10 aromatic rings. The van der Waals surface area contributed by atoms with Crippen LogP contribution in [0.3, 0.4) is 0 Å². The van der Waals surface area contributed by atoms with Crippen molar-refractivity contribution in [3.05, 3.63) is 185 Å². The quantitative estimate of drug-likeness (QED) is 0.0845. The summed E-state index contributed by atoms with van der Waals surface area (Å²) in [6.45, 7) is 10.2. The molecule has 4 nitrogen and oxygen atoms in total. The number of benzene rings is 8. The molecule has 2 fully saturated rings. The van der Waals surface area contributed by atoms with E-state index >= 15 is 0 Å². The minimum absolute atomic E-state index is 0.0116. The van der Waals surface area contributed by atoms with E-state index in [0.29, 0.717) is 13.3 Å². The molecule has 4 unspecified atom stereocenters. The van der Waals surface area contributed by atoms with E-state index in [1.165, 1.54) is 151 Å². The van der Waals surface area contributed by atoms with Crippen molar-refractivity contribution in [3.63, 3.8) is 0 Å². The van der Waals surface area contributed by atoms with Crippen LogP contribution in [0.5, 0.6) is 0 Å². The molecule has 100 heavy (non-hydrogen) atoms. The number of hydrogen-bond donors (Lipinski definition) is 0. The topological polar surface area (TPSA) is 16.3 Å². The average Bonchev–Trinajstić information content (AvgIpc) is 1.48.